The molecule has 17 heavy (non-hydrogen) atoms. The summed E-state index contributed by atoms with van der Waals surface area (Å²) in [5.74, 6) is 0.0923. The van der Waals surface area contributed by atoms with Gasteiger partial charge in [0, 0.05) is 6.54 Å². The predicted molar refractivity (Wildman–Crippen MR) is 69.6 cm³/mol. The van der Waals surface area contributed by atoms with Crippen molar-refractivity contribution in [2.45, 2.75) is 70.3 Å². The van der Waals surface area contributed by atoms with Crippen molar-refractivity contribution in [3.63, 3.8) is 0 Å². The van der Waals surface area contributed by atoms with E-state index in [1.807, 2.05) is 0 Å². The maximum atomic E-state index is 12.1. The molecule has 0 aliphatic heterocycles. The molecule has 2 fully saturated rings. The molecule has 0 heterocycles. The summed E-state index contributed by atoms with van der Waals surface area (Å²) in [7, 11) is 0. The number of amides is 1. The average molecular weight is 238 g/mol. The summed E-state index contributed by atoms with van der Waals surface area (Å²) in [6.45, 7) is 3.08. The molecule has 2 aliphatic carbocycles. The number of carbonyl (C=O) groups excluding carboxylic acids is 1. The standard InChI is InChI=1S/C14H26N2O/c1-2-13(7-3-4-8-13)11-16-12(17)14(15)9-5-6-10-14/h2-11,15H2,1H3,(H,16,17). The highest BCUT2D eigenvalue weighted by molar-refractivity contribution is 5.86. The van der Waals surface area contributed by atoms with E-state index < -0.39 is 5.54 Å². The van der Waals surface area contributed by atoms with E-state index in [-0.39, 0.29) is 5.91 Å². The van der Waals surface area contributed by atoms with E-state index >= 15 is 0 Å². The van der Waals surface area contributed by atoms with Gasteiger partial charge in [-0.05, 0) is 37.5 Å². The normalized spacial score (nSPS) is 26.0. The molecule has 3 heteroatoms. The van der Waals surface area contributed by atoms with E-state index in [4.69, 9.17) is 5.73 Å². The molecule has 0 bridgehead atoms. The molecule has 2 saturated carbocycles. The van der Waals surface area contributed by atoms with Gasteiger partial charge in [0.25, 0.3) is 0 Å². The molecule has 0 unspecified atom stereocenters. The molecule has 1 amide bonds. The van der Waals surface area contributed by atoms with E-state index in [2.05, 4.69) is 12.2 Å². The molecular weight excluding hydrogens is 212 g/mol. The Balaban J connectivity index is 1.87. The van der Waals surface area contributed by atoms with Gasteiger partial charge in [0.05, 0.1) is 5.54 Å². The molecule has 2 rings (SSSR count). The topological polar surface area (TPSA) is 55.1 Å². The first kappa shape index (κ1) is 12.9. The summed E-state index contributed by atoms with van der Waals surface area (Å²) in [5, 5.41) is 3.13. The summed E-state index contributed by atoms with van der Waals surface area (Å²) < 4.78 is 0. The first-order valence-corrected chi connectivity index (χ1v) is 7.17. The first-order chi connectivity index (χ1) is 8.10. The Hall–Kier alpha value is -0.570. The molecule has 0 aromatic heterocycles. The van der Waals surface area contributed by atoms with Crippen LogP contribution in [-0.2, 0) is 4.79 Å². The lowest BCUT2D eigenvalue weighted by Gasteiger charge is -2.30. The van der Waals surface area contributed by atoms with Crippen molar-refractivity contribution in [1.29, 1.82) is 0 Å². The molecule has 98 valence electrons. The number of nitrogens with two attached hydrogens (primary N) is 1. The summed E-state index contributed by atoms with van der Waals surface area (Å²) in [6.07, 6.45) is 10.3. The van der Waals surface area contributed by atoms with E-state index in [0.717, 1.165) is 32.2 Å². The van der Waals surface area contributed by atoms with E-state index in [1.54, 1.807) is 0 Å². The van der Waals surface area contributed by atoms with Crippen LogP contribution >= 0.6 is 0 Å². The smallest absolute Gasteiger partial charge is 0.240 e. The van der Waals surface area contributed by atoms with Gasteiger partial charge in [-0.1, -0.05) is 32.6 Å². The zero-order valence-corrected chi connectivity index (χ0v) is 11.1. The number of carbonyl (C=O) groups is 1. The lowest BCUT2D eigenvalue weighted by molar-refractivity contribution is -0.126. The molecular formula is C14H26N2O. The van der Waals surface area contributed by atoms with Crippen LogP contribution in [0.25, 0.3) is 0 Å². The highest BCUT2D eigenvalue weighted by Gasteiger charge is 2.39. The molecule has 0 atom stereocenters. The minimum Gasteiger partial charge on any atom is -0.354 e. The van der Waals surface area contributed by atoms with Crippen LogP contribution < -0.4 is 11.1 Å². The number of hydrogen-bond acceptors (Lipinski definition) is 2. The van der Waals surface area contributed by atoms with Crippen LogP contribution in [0.15, 0.2) is 0 Å². The quantitative estimate of drug-likeness (QED) is 0.790. The summed E-state index contributed by atoms with van der Waals surface area (Å²) in [6, 6.07) is 0. The fourth-order valence-corrected chi connectivity index (χ4v) is 3.46. The van der Waals surface area contributed by atoms with Gasteiger partial charge in [0.15, 0.2) is 0 Å². The van der Waals surface area contributed by atoms with Crippen molar-refractivity contribution < 1.29 is 4.79 Å². The number of rotatable bonds is 4. The summed E-state index contributed by atoms with van der Waals surface area (Å²) in [4.78, 5) is 12.1. The number of nitrogens with one attached hydrogen (secondary N) is 1. The lowest BCUT2D eigenvalue weighted by Crippen LogP contribution is -2.53. The molecule has 0 saturated heterocycles. The third-order valence-electron chi connectivity index (χ3n) is 4.99. The Kier molecular flexibility index (Phi) is 3.76. The Morgan fingerprint density at radius 3 is 2.18 bits per heavy atom. The second-order valence-electron chi connectivity index (χ2n) is 6.11. The van der Waals surface area contributed by atoms with Crippen LogP contribution in [0.5, 0.6) is 0 Å². The Morgan fingerprint density at radius 2 is 1.65 bits per heavy atom. The number of hydrogen-bond donors (Lipinski definition) is 2. The van der Waals surface area contributed by atoms with E-state index in [0.29, 0.717) is 5.41 Å². The highest BCUT2D eigenvalue weighted by Crippen LogP contribution is 2.40. The van der Waals surface area contributed by atoms with Gasteiger partial charge in [-0.2, -0.15) is 0 Å². The molecule has 0 radical (unpaired) electrons. The second-order valence-corrected chi connectivity index (χ2v) is 6.11. The molecule has 0 spiro atoms. The van der Waals surface area contributed by atoms with Crippen LogP contribution in [0.1, 0.15) is 64.7 Å². The fourth-order valence-electron chi connectivity index (χ4n) is 3.46. The third kappa shape index (κ3) is 2.65. The SMILES string of the molecule is CCC1(CNC(=O)C2(N)CCCC2)CCCC1. The largest absolute Gasteiger partial charge is 0.354 e. The minimum absolute atomic E-state index is 0.0923. The highest BCUT2D eigenvalue weighted by atomic mass is 16.2. The maximum absolute atomic E-state index is 12.1. The van der Waals surface area contributed by atoms with Gasteiger partial charge < -0.3 is 11.1 Å². The fraction of sp³-hybridized carbons (Fsp3) is 0.929. The van der Waals surface area contributed by atoms with Crippen molar-refractivity contribution in [2.75, 3.05) is 6.54 Å². The van der Waals surface area contributed by atoms with E-state index in [1.165, 1.54) is 32.1 Å². The zero-order valence-electron chi connectivity index (χ0n) is 11.1. The average Bonchev–Trinajstić information content (AvgIpc) is 2.96. The minimum atomic E-state index is -0.562. The van der Waals surface area contributed by atoms with Gasteiger partial charge in [-0.25, -0.2) is 0 Å². The predicted octanol–water partition coefficient (Wildman–Crippen LogP) is 2.34. The van der Waals surface area contributed by atoms with Gasteiger partial charge >= 0.3 is 0 Å². The van der Waals surface area contributed by atoms with Gasteiger partial charge in [0.1, 0.15) is 0 Å². The first-order valence-electron chi connectivity index (χ1n) is 7.17. The van der Waals surface area contributed by atoms with Crippen LogP contribution in [0.2, 0.25) is 0 Å². The Morgan fingerprint density at radius 1 is 1.12 bits per heavy atom. The zero-order chi connectivity index (χ0) is 12.4. The summed E-state index contributed by atoms with van der Waals surface area (Å²) in [5.41, 5.74) is 5.96. The Bertz CT molecular complexity index is 276. The van der Waals surface area contributed by atoms with Crippen molar-refractivity contribution >= 4 is 5.91 Å². The molecule has 0 aromatic carbocycles. The summed E-state index contributed by atoms with van der Waals surface area (Å²) >= 11 is 0. The van der Waals surface area contributed by atoms with Crippen molar-refractivity contribution in [3.05, 3.63) is 0 Å². The van der Waals surface area contributed by atoms with Gasteiger partial charge in [0.2, 0.25) is 5.91 Å². The van der Waals surface area contributed by atoms with Crippen LogP contribution in [-0.4, -0.2) is 18.0 Å². The van der Waals surface area contributed by atoms with Gasteiger partial charge in [-0.3, -0.25) is 4.79 Å². The van der Waals surface area contributed by atoms with Gasteiger partial charge in [-0.15, -0.1) is 0 Å². The molecule has 3 nitrogen and oxygen atoms in total. The van der Waals surface area contributed by atoms with Crippen LogP contribution in [0, 0.1) is 5.41 Å². The van der Waals surface area contributed by atoms with Crippen molar-refractivity contribution in [2.24, 2.45) is 11.1 Å². The lowest BCUT2D eigenvalue weighted by atomic mass is 9.83. The van der Waals surface area contributed by atoms with Crippen molar-refractivity contribution in [3.8, 4) is 0 Å². The molecule has 0 aromatic rings. The Labute approximate surface area is 105 Å². The monoisotopic (exact) mass is 238 g/mol. The molecule has 2 aliphatic rings. The van der Waals surface area contributed by atoms with Crippen molar-refractivity contribution in [1.82, 2.24) is 5.32 Å². The van der Waals surface area contributed by atoms with Crippen LogP contribution in [0.4, 0.5) is 0 Å². The van der Waals surface area contributed by atoms with Crippen LogP contribution in [0.3, 0.4) is 0 Å². The third-order valence-corrected chi connectivity index (χ3v) is 4.99. The molecule has 3 N–H and O–H groups in total. The van der Waals surface area contributed by atoms with E-state index in [9.17, 15) is 4.79 Å². The maximum Gasteiger partial charge on any atom is 0.240 e. The second kappa shape index (κ2) is 4.97.